The quantitative estimate of drug-likeness (QED) is 0.0572. The van der Waals surface area contributed by atoms with Gasteiger partial charge in [-0.15, -0.1) is 0 Å². The van der Waals surface area contributed by atoms with Crippen LogP contribution in [-0.2, 0) is 59.8 Å². The van der Waals surface area contributed by atoms with Crippen LogP contribution < -0.4 is 57.3 Å². The maximum atomic E-state index is 14.4. The second-order valence-corrected chi connectivity index (χ2v) is 20.7. The molecular weight excluding hydrogens is 1010 g/mol. The number of allylic oxidation sites excluding steroid dienone is 2. The first-order valence-corrected chi connectivity index (χ1v) is 26.9. The van der Waals surface area contributed by atoms with Crippen molar-refractivity contribution in [2.75, 3.05) is 25.0 Å². The second kappa shape index (κ2) is 26.7. The lowest BCUT2D eigenvalue weighted by Crippen LogP contribution is -2.59. The van der Waals surface area contributed by atoms with Gasteiger partial charge in [0, 0.05) is 18.4 Å². The zero-order chi connectivity index (χ0) is 56.9. The van der Waals surface area contributed by atoms with Crippen LogP contribution in [-0.4, -0.2) is 131 Å². The number of benzene rings is 2. The first-order chi connectivity index (χ1) is 37.2. The molecule has 10 atom stereocenters. The molecule has 23 heteroatoms. The summed E-state index contributed by atoms with van der Waals surface area (Å²) < 4.78 is 13.5. The predicted octanol–water partition coefficient (Wildman–Crippen LogP) is 1.48. The number of aliphatic carboxylic acids is 1. The Hall–Kier alpha value is -7.56. The average Bonchev–Trinajstić information content (AvgIpc) is 4.06. The topological polar surface area (TPSA) is 338 Å². The molecule has 2 aromatic rings. The van der Waals surface area contributed by atoms with Crippen LogP contribution in [0.4, 0.5) is 5.69 Å². The van der Waals surface area contributed by atoms with Gasteiger partial charge in [0.25, 0.3) is 0 Å². The minimum Gasteiger partial charge on any atom is -0.483 e. The van der Waals surface area contributed by atoms with Gasteiger partial charge in [-0.25, -0.2) is 4.79 Å². The van der Waals surface area contributed by atoms with Crippen LogP contribution >= 0.6 is 0 Å². The van der Waals surface area contributed by atoms with Crippen molar-refractivity contribution in [3.8, 4) is 11.5 Å². The van der Waals surface area contributed by atoms with Gasteiger partial charge < -0.3 is 72.3 Å². The third-order valence-corrected chi connectivity index (χ3v) is 14.8. The number of carboxylic acids is 1. The number of carbonyl (C=O) groups excluding carboxylic acids is 9. The Kier molecular flexibility index (Phi) is 20.4. The van der Waals surface area contributed by atoms with Gasteiger partial charge in [0.05, 0.1) is 30.7 Å². The van der Waals surface area contributed by atoms with Crippen LogP contribution in [0.15, 0.2) is 42.5 Å². The van der Waals surface area contributed by atoms with Crippen LogP contribution in [0.2, 0.25) is 0 Å². The largest absolute Gasteiger partial charge is 0.483 e. The van der Waals surface area contributed by atoms with Crippen molar-refractivity contribution in [2.24, 2.45) is 5.92 Å². The van der Waals surface area contributed by atoms with E-state index in [-0.39, 0.29) is 61.5 Å². The standard InChI is InChI=1S/C55H75N9O14/c1-7-10-11-12-13-14-15-16-20-40(67)59-31(5)48(71)61-36-24-30(4)23-33-25-32(45(70)44(63-50(36)73)51(74)56-21-22-65)26-35-46(33)77-53-55(35)27-37(60-39(66)8-2)49(72)58-28-41(68)57-29-42(69)62-47(52(75)76)54(6,9-3)78-38-19-17-18-34(55)43(38)64-53/h12-13,17-19,22,25-26,30-31,36-37,44-45,47,53,64,70H,7-11,14-16,20-21,23-24,27-29H2,1-6H3,(H,56,74)(H,57,68)(H,58,72)(H,59,67)(H,60,66)(H,61,71)(H,62,69)(H,63,73)(H,75,76)/b13-12+/t30?,31?,36?,37?,44?,45?,47?,53?,54?,55-/m0/s1. The van der Waals surface area contributed by atoms with E-state index in [0.717, 1.165) is 32.1 Å². The summed E-state index contributed by atoms with van der Waals surface area (Å²) in [6.07, 6.45) is 7.18. The number of aliphatic hydroxyl groups excluding tert-OH is 1. The molecule has 0 fully saturated rings. The third kappa shape index (κ3) is 13.9. The van der Waals surface area contributed by atoms with Gasteiger partial charge in [-0.05, 0) is 106 Å². The molecule has 0 saturated heterocycles. The van der Waals surface area contributed by atoms with Crippen molar-refractivity contribution >= 4 is 65.2 Å². The van der Waals surface area contributed by atoms with Crippen molar-refractivity contribution in [3.05, 3.63) is 64.7 Å². The molecule has 2 aromatic carbocycles. The van der Waals surface area contributed by atoms with E-state index in [0.29, 0.717) is 35.1 Å². The number of aldehydes is 1. The maximum absolute atomic E-state index is 14.4. The molecule has 9 unspecified atom stereocenters. The van der Waals surface area contributed by atoms with Crippen molar-refractivity contribution in [1.29, 1.82) is 0 Å². The first kappa shape index (κ1) is 59.7. The molecule has 1 spiro atoms. The molecule has 0 aliphatic carbocycles. The van der Waals surface area contributed by atoms with E-state index in [1.165, 1.54) is 13.8 Å². The van der Waals surface area contributed by atoms with E-state index in [4.69, 9.17) is 9.47 Å². The summed E-state index contributed by atoms with van der Waals surface area (Å²) in [5.74, 6) is -7.23. The number of rotatable bonds is 18. The number of nitrogens with one attached hydrogen (secondary N) is 9. The summed E-state index contributed by atoms with van der Waals surface area (Å²) in [5, 5.41) is 47.0. The Labute approximate surface area is 453 Å². The zero-order valence-corrected chi connectivity index (χ0v) is 45.1. The number of carboxylic acid groups (broad SMARTS) is 1. The Balaban J connectivity index is 1.44. The molecule has 8 amide bonds. The highest BCUT2D eigenvalue weighted by Crippen LogP contribution is 2.60. The summed E-state index contributed by atoms with van der Waals surface area (Å²) in [5.41, 5.74) is -1.47. The fourth-order valence-electron chi connectivity index (χ4n) is 10.4. The average molecular weight is 1090 g/mol. The molecule has 4 aliphatic rings. The molecule has 4 aliphatic heterocycles. The number of amides is 8. The molecular formula is C55H75N9O14. The molecule has 78 heavy (non-hydrogen) atoms. The van der Waals surface area contributed by atoms with E-state index < -0.39 is 126 Å². The van der Waals surface area contributed by atoms with E-state index in [9.17, 15) is 58.2 Å². The molecule has 6 rings (SSSR count). The van der Waals surface area contributed by atoms with E-state index in [2.05, 4.69) is 66.9 Å². The molecule has 0 saturated carbocycles. The smallest absolute Gasteiger partial charge is 0.330 e. The number of carbonyl (C=O) groups is 10. The van der Waals surface area contributed by atoms with E-state index >= 15 is 0 Å². The van der Waals surface area contributed by atoms with E-state index in [1.54, 1.807) is 44.2 Å². The van der Waals surface area contributed by atoms with Crippen molar-refractivity contribution < 1.29 is 67.6 Å². The lowest BCUT2D eigenvalue weighted by Gasteiger charge is -2.36. The van der Waals surface area contributed by atoms with Crippen molar-refractivity contribution in [3.63, 3.8) is 0 Å². The van der Waals surface area contributed by atoms with E-state index in [1.807, 2.05) is 6.92 Å². The highest BCUT2D eigenvalue weighted by Gasteiger charge is 2.59. The maximum Gasteiger partial charge on any atom is 0.330 e. The molecule has 0 radical (unpaired) electrons. The minimum absolute atomic E-state index is 0.0228. The van der Waals surface area contributed by atoms with Crippen LogP contribution in [0, 0.1) is 5.92 Å². The highest BCUT2D eigenvalue weighted by molar-refractivity contribution is 5.96. The van der Waals surface area contributed by atoms with Crippen LogP contribution in [0.25, 0.3) is 0 Å². The summed E-state index contributed by atoms with van der Waals surface area (Å²) >= 11 is 0. The minimum atomic E-state index is -1.85. The Morgan fingerprint density at radius 3 is 2.29 bits per heavy atom. The van der Waals surface area contributed by atoms with Gasteiger partial charge in [-0.2, -0.15) is 0 Å². The van der Waals surface area contributed by atoms with Gasteiger partial charge in [0.2, 0.25) is 47.3 Å². The normalized spacial score (nSPS) is 26.4. The lowest BCUT2D eigenvalue weighted by molar-refractivity contribution is -0.148. The van der Waals surface area contributed by atoms with Crippen LogP contribution in [0.3, 0.4) is 0 Å². The lowest BCUT2D eigenvalue weighted by atomic mass is 9.70. The monoisotopic (exact) mass is 1090 g/mol. The Morgan fingerprint density at radius 1 is 0.872 bits per heavy atom. The molecule has 11 N–H and O–H groups in total. The summed E-state index contributed by atoms with van der Waals surface area (Å²) in [6, 6.07) is 0.963. The number of hydrogen-bond acceptors (Lipinski definition) is 14. The van der Waals surface area contributed by atoms with Crippen LogP contribution in [0.1, 0.15) is 141 Å². The van der Waals surface area contributed by atoms with Crippen molar-refractivity contribution in [1.82, 2.24) is 42.5 Å². The molecule has 23 nitrogen and oxygen atoms in total. The second-order valence-electron chi connectivity index (χ2n) is 20.7. The van der Waals surface area contributed by atoms with Crippen molar-refractivity contribution in [2.45, 2.75) is 172 Å². The number of hydrogen-bond donors (Lipinski definition) is 11. The predicted molar refractivity (Wildman–Crippen MR) is 284 cm³/mol. The number of aliphatic hydroxyl groups is 1. The fraction of sp³-hybridized carbons (Fsp3) is 0.564. The van der Waals surface area contributed by atoms with Gasteiger partial charge in [-0.1, -0.05) is 64.8 Å². The molecule has 4 heterocycles. The third-order valence-electron chi connectivity index (χ3n) is 14.8. The number of fused-ring (bicyclic) bond motifs is 4. The first-order valence-electron chi connectivity index (χ1n) is 26.9. The van der Waals surface area contributed by atoms with Gasteiger partial charge in [-0.3, -0.25) is 38.4 Å². The summed E-state index contributed by atoms with van der Waals surface area (Å²) in [4.78, 5) is 133. The Morgan fingerprint density at radius 2 is 1.60 bits per heavy atom. The summed E-state index contributed by atoms with van der Waals surface area (Å²) in [6.45, 7) is 8.45. The van der Waals surface area contributed by atoms with Gasteiger partial charge >= 0.3 is 5.97 Å². The Bertz CT molecular complexity index is 2650. The fourth-order valence-corrected chi connectivity index (χ4v) is 10.4. The van der Waals surface area contributed by atoms with Gasteiger partial charge in [0.15, 0.2) is 12.3 Å². The highest BCUT2D eigenvalue weighted by atomic mass is 16.5. The SMILES string of the molecule is CCCC/C=C/CCCCC(=O)NC(C)C(=O)NC1CC(C)Cc2cc(cc3c2OC2Nc4c5cccc4[C@@]32CC(NC(=O)CC)C(=O)NCC(=O)NCC(=O)NC(C(=O)O)C(C)(CC)O5)C(O)C(C(=O)NCC=O)NC1=O. The molecule has 424 valence electrons. The van der Waals surface area contributed by atoms with Gasteiger partial charge in [0.1, 0.15) is 53.7 Å². The van der Waals surface area contributed by atoms with Crippen LogP contribution in [0.5, 0.6) is 11.5 Å². The number of anilines is 1. The number of unbranched alkanes of at least 4 members (excludes halogenated alkanes) is 4. The molecule has 6 bridgehead atoms. The summed E-state index contributed by atoms with van der Waals surface area (Å²) in [7, 11) is 0. The number of para-hydroxylation sites is 1. The zero-order valence-electron chi connectivity index (χ0n) is 45.1. The molecule has 0 aromatic heterocycles. The number of ether oxygens (including phenoxy) is 2.